The zero-order valence-corrected chi connectivity index (χ0v) is 11.1. The van der Waals surface area contributed by atoms with E-state index >= 15 is 0 Å². The molecule has 0 aromatic heterocycles. The molecule has 1 aliphatic rings. The van der Waals surface area contributed by atoms with Crippen LogP contribution in [0.5, 0.6) is 0 Å². The number of carbonyl (C=O) groups excluding carboxylic acids is 1. The fourth-order valence-electron chi connectivity index (χ4n) is 2.54. The lowest BCUT2D eigenvalue weighted by atomic mass is 10.1. The van der Waals surface area contributed by atoms with Gasteiger partial charge in [-0.3, -0.25) is 4.79 Å². The van der Waals surface area contributed by atoms with Gasteiger partial charge in [0.15, 0.2) is 0 Å². The number of fused-ring (bicyclic) bond motifs is 1. The van der Waals surface area contributed by atoms with Gasteiger partial charge in [0.1, 0.15) is 11.9 Å². The second kappa shape index (κ2) is 5.00. The lowest BCUT2D eigenvalue weighted by Gasteiger charge is -2.18. The predicted octanol–water partition coefficient (Wildman–Crippen LogP) is 2.24. The van der Waals surface area contributed by atoms with Crippen LogP contribution in [0.2, 0.25) is 0 Å². The van der Waals surface area contributed by atoms with E-state index in [4.69, 9.17) is 11.0 Å². The molecule has 0 radical (unpaired) electrons. The first kappa shape index (κ1) is 13.3. The fourth-order valence-corrected chi connectivity index (χ4v) is 2.54. The fraction of sp³-hybridized carbons (Fsp3) is 0.125. The second-order valence-corrected chi connectivity index (χ2v) is 4.87. The highest BCUT2D eigenvalue weighted by atomic mass is 19.1. The molecule has 0 saturated carbocycles. The van der Waals surface area contributed by atoms with Gasteiger partial charge in [-0.15, -0.1) is 0 Å². The smallest absolute Gasteiger partial charge is 0.248 e. The van der Waals surface area contributed by atoms with E-state index in [1.807, 2.05) is 6.07 Å². The van der Waals surface area contributed by atoms with Gasteiger partial charge in [-0.1, -0.05) is 18.2 Å². The van der Waals surface area contributed by atoms with Gasteiger partial charge in [0, 0.05) is 11.3 Å². The van der Waals surface area contributed by atoms with Crippen molar-refractivity contribution in [2.24, 2.45) is 5.73 Å². The van der Waals surface area contributed by atoms with Crippen molar-refractivity contribution >= 4 is 11.6 Å². The van der Waals surface area contributed by atoms with Crippen molar-refractivity contribution in [3.8, 4) is 6.07 Å². The molecule has 2 N–H and O–H groups in total. The van der Waals surface area contributed by atoms with Crippen LogP contribution in [0.4, 0.5) is 10.1 Å². The van der Waals surface area contributed by atoms with Crippen molar-refractivity contribution in [1.29, 1.82) is 5.26 Å². The van der Waals surface area contributed by atoms with E-state index in [0.29, 0.717) is 16.8 Å². The summed E-state index contributed by atoms with van der Waals surface area (Å²) in [4.78, 5) is 13.8. The SMILES string of the molecule is N#Cc1ccccc1CN1C(=O)C(N)c2cc(F)ccc21. The van der Waals surface area contributed by atoms with E-state index in [0.717, 1.165) is 5.56 Å². The molecule has 1 aliphatic heterocycles. The monoisotopic (exact) mass is 281 g/mol. The summed E-state index contributed by atoms with van der Waals surface area (Å²) in [5, 5.41) is 9.11. The molecule has 2 aromatic rings. The Hall–Kier alpha value is -2.71. The van der Waals surface area contributed by atoms with Crippen LogP contribution in [0, 0.1) is 17.1 Å². The maximum Gasteiger partial charge on any atom is 0.248 e. The van der Waals surface area contributed by atoms with Crippen molar-refractivity contribution in [3.05, 3.63) is 65.0 Å². The van der Waals surface area contributed by atoms with Crippen LogP contribution < -0.4 is 10.6 Å². The Morgan fingerprint density at radius 2 is 2.05 bits per heavy atom. The summed E-state index contributed by atoms with van der Waals surface area (Å²) in [5.41, 5.74) is 8.17. The predicted molar refractivity (Wildman–Crippen MR) is 75.7 cm³/mol. The molecule has 1 heterocycles. The molecule has 5 heteroatoms. The molecule has 1 amide bonds. The number of nitriles is 1. The van der Waals surface area contributed by atoms with Gasteiger partial charge in [-0.05, 0) is 29.8 Å². The molecule has 0 aliphatic carbocycles. The lowest BCUT2D eigenvalue weighted by molar-refractivity contribution is -0.119. The summed E-state index contributed by atoms with van der Waals surface area (Å²) in [6, 6.07) is 12.4. The summed E-state index contributed by atoms with van der Waals surface area (Å²) in [6.07, 6.45) is 0. The molecule has 3 rings (SSSR count). The number of hydrogen-bond donors (Lipinski definition) is 1. The van der Waals surface area contributed by atoms with Crippen LogP contribution in [-0.4, -0.2) is 5.91 Å². The van der Waals surface area contributed by atoms with E-state index in [-0.39, 0.29) is 12.5 Å². The number of benzene rings is 2. The Morgan fingerprint density at radius 3 is 2.81 bits per heavy atom. The quantitative estimate of drug-likeness (QED) is 0.917. The number of rotatable bonds is 2. The highest BCUT2D eigenvalue weighted by Gasteiger charge is 2.35. The van der Waals surface area contributed by atoms with E-state index in [9.17, 15) is 9.18 Å². The Bertz CT molecular complexity index is 766. The van der Waals surface area contributed by atoms with Gasteiger partial charge in [0.25, 0.3) is 0 Å². The summed E-state index contributed by atoms with van der Waals surface area (Å²) in [7, 11) is 0. The molecule has 0 saturated heterocycles. The molecule has 1 atom stereocenters. The van der Waals surface area contributed by atoms with Crippen LogP contribution in [0.1, 0.15) is 22.7 Å². The number of amides is 1. The summed E-state index contributed by atoms with van der Waals surface area (Å²) in [5.74, 6) is -0.709. The van der Waals surface area contributed by atoms with Crippen LogP contribution in [-0.2, 0) is 11.3 Å². The van der Waals surface area contributed by atoms with Crippen LogP contribution in [0.3, 0.4) is 0 Å². The van der Waals surface area contributed by atoms with E-state index in [1.54, 1.807) is 24.3 Å². The number of hydrogen-bond acceptors (Lipinski definition) is 3. The molecule has 0 spiro atoms. The van der Waals surface area contributed by atoms with Crippen LogP contribution in [0.15, 0.2) is 42.5 Å². The third-order valence-corrected chi connectivity index (χ3v) is 3.61. The van der Waals surface area contributed by atoms with Gasteiger partial charge >= 0.3 is 0 Å². The summed E-state index contributed by atoms with van der Waals surface area (Å²) >= 11 is 0. The van der Waals surface area contributed by atoms with Crippen molar-refractivity contribution < 1.29 is 9.18 Å². The molecule has 2 aromatic carbocycles. The molecular weight excluding hydrogens is 269 g/mol. The van der Waals surface area contributed by atoms with Crippen molar-refractivity contribution in [3.63, 3.8) is 0 Å². The zero-order valence-electron chi connectivity index (χ0n) is 11.1. The van der Waals surface area contributed by atoms with E-state index < -0.39 is 11.9 Å². The molecule has 0 bridgehead atoms. The Labute approximate surface area is 121 Å². The normalized spacial score (nSPS) is 16.7. The first-order chi connectivity index (χ1) is 10.1. The van der Waals surface area contributed by atoms with Gasteiger partial charge in [-0.25, -0.2) is 4.39 Å². The number of nitrogens with two attached hydrogens (primary N) is 1. The number of carbonyl (C=O) groups is 1. The maximum absolute atomic E-state index is 13.3. The summed E-state index contributed by atoms with van der Waals surface area (Å²) < 4.78 is 13.3. The highest BCUT2D eigenvalue weighted by Crippen LogP contribution is 2.36. The van der Waals surface area contributed by atoms with Gasteiger partial charge in [-0.2, -0.15) is 5.26 Å². The third kappa shape index (κ3) is 2.16. The number of nitrogens with zero attached hydrogens (tertiary/aromatic N) is 2. The first-order valence-corrected chi connectivity index (χ1v) is 6.46. The van der Waals surface area contributed by atoms with E-state index in [1.165, 1.54) is 17.0 Å². The standard InChI is InChI=1S/C16H12FN3O/c17-12-5-6-14-13(7-12)15(19)16(21)20(14)9-11-4-2-1-3-10(11)8-18/h1-7,15H,9,19H2. The van der Waals surface area contributed by atoms with Crippen LogP contribution >= 0.6 is 0 Å². The Kier molecular flexibility index (Phi) is 3.16. The molecule has 104 valence electrons. The van der Waals surface area contributed by atoms with Gasteiger partial charge in [0.05, 0.1) is 18.2 Å². The van der Waals surface area contributed by atoms with Crippen molar-refractivity contribution in [2.45, 2.75) is 12.6 Å². The molecule has 21 heavy (non-hydrogen) atoms. The number of anilines is 1. The number of halogens is 1. The van der Waals surface area contributed by atoms with Gasteiger partial charge < -0.3 is 10.6 Å². The average molecular weight is 281 g/mol. The Balaban J connectivity index is 2.01. The topological polar surface area (TPSA) is 70.1 Å². The summed E-state index contributed by atoms with van der Waals surface area (Å²) in [6.45, 7) is 0.245. The van der Waals surface area contributed by atoms with E-state index in [2.05, 4.69) is 6.07 Å². The maximum atomic E-state index is 13.3. The Morgan fingerprint density at radius 1 is 1.29 bits per heavy atom. The zero-order chi connectivity index (χ0) is 15.0. The minimum atomic E-state index is -0.857. The minimum absolute atomic E-state index is 0.245. The van der Waals surface area contributed by atoms with Crippen molar-refractivity contribution in [1.82, 2.24) is 0 Å². The molecular formula is C16H12FN3O. The first-order valence-electron chi connectivity index (χ1n) is 6.46. The molecule has 1 unspecified atom stereocenters. The largest absolute Gasteiger partial charge is 0.316 e. The molecule has 4 nitrogen and oxygen atoms in total. The third-order valence-electron chi connectivity index (χ3n) is 3.61. The van der Waals surface area contributed by atoms with Gasteiger partial charge in [0.2, 0.25) is 5.91 Å². The molecule has 0 fully saturated rings. The van der Waals surface area contributed by atoms with Crippen LogP contribution in [0.25, 0.3) is 0 Å². The lowest BCUT2D eigenvalue weighted by Crippen LogP contribution is -2.31. The average Bonchev–Trinajstić information content (AvgIpc) is 2.73. The van der Waals surface area contributed by atoms with Crippen molar-refractivity contribution in [2.75, 3.05) is 4.90 Å². The minimum Gasteiger partial charge on any atom is -0.316 e. The second-order valence-electron chi connectivity index (χ2n) is 4.87. The highest BCUT2D eigenvalue weighted by molar-refractivity contribution is 6.04.